The number of rotatable bonds is 7. The zero-order valence-electron chi connectivity index (χ0n) is 12.6. The molecule has 0 amide bonds. The van der Waals surface area contributed by atoms with E-state index in [4.69, 9.17) is 9.47 Å². The normalized spacial score (nSPS) is 22.4. The van der Waals surface area contributed by atoms with Crippen molar-refractivity contribution in [3.8, 4) is 0 Å². The Kier molecular flexibility index (Phi) is 5.98. The molecule has 114 valence electrons. The topological polar surface area (TPSA) is 65.0 Å². The molecule has 0 aromatic carbocycles. The van der Waals surface area contributed by atoms with Crippen LogP contribution < -0.4 is 0 Å². The van der Waals surface area contributed by atoms with Gasteiger partial charge in [0.1, 0.15) is 5.76 Å². The van der Waals surface area contributed by atoms with Crippen LogP contribution in [0.25, 0.3) is 0 Å². The molecular weight excluding hydrogens is 276 g/mol. The first-order valence-corrected chi connectivity index (χ1v) is 10.4. The quantitative estimate of drug-likeness (QED) is 0.256. The molecule has 0 aliphatic heterocycles. The van der Waals surface area contributed by atoms with Crippen LogP contribution in [0.5, 0.6) is 0 Å². The van der Waals surface area contributed by atoms with E-state index in [1.807, 2.05) is 0 Å². The fourth-order valence-corrected chi connectivity index (χ4v) is 2.44. The summed E-state index contributed by atoms with van der Waals surface area (Å²) in [4.78, 5) is 11.6. The van der Waals surface area contributed by atoms with Crippen molar-refractivity contribution in [2.24, 2.45) is 0 Å². The molecule has 0 heterocycles. The van der Waals surface area contributed by atoms with Gasteiger partial charge in [-0.05, 0) is 24.6 Å². The summed E-state index contributed by atoms with van der Waals surface area (Å²) in [5.41, 5.74) is -1.84. The highest BCUT2D eigenvalue weighted by Crippen LogP contribution is 2.26. The minimum absolute atomic E-state index is 0.0173. The van der Waals surface area contributed by atoms with Crippen LogP contribution in [-0.2, 0) is 19.0 Å². The van der Waals surface area contributed by atoms with Crippen LogP contribution in [0.2, 0.25) is 25.7 Å². The Morgan fingerprint density at radius 3 is 2.75 bits per heavy atom. The minimum atomic E-state index is -1.84. The van der Waals surface area contributed by atoms with Crippen LogP contribution in [0.1, 0.15) is 6.42 Å². The third-order valence-corrected chi connectivity index (χ3v) is 4.67. The summed E-state index contributed by atoms with van der Waals surface area (Å²) in [6.45, 7) is 7.43. The Hall–Kier alpha value is -1.11. The number of carbonyl (C=O) groups excluding carboxylic acids is 1. The zero-order chi connectivity index (χ0) is 15.2. The van der Waals surface area contributed by atoms with Crippen molar-refractivity contribution in [2.45, 2.75) is 37.7 Å². The van der Waals surface area contributed by atoms with Gasteiger partial charge in [0.2, 0.25) is 5.60 Å². The summed E-state index contributed by atoms with van der Waals surface area (Å²) < 4.78 is 15.4. The fraction of sp³-hybridized carbons (Fsp3) is 0.643. The Morgan fingerprint density at radius 2 is 2.15 bits per heavy atom. The van der Waals surface area contributed by atoms with Crippen molar-refractivity contribution in [3.63, 3.8) is 0 Å². The van der Waals surface area contributed by atoms with E-state index in [0.717, 1.165) is 6.04 Å². The lowest BCUT2D eigenvalue weighted by molar-refractivity contribution is -0.159. The monoisotopic (exact) mass is 300 g/mol. The highest BCUT2D eigenvalue weighted by molar-refractivity contribution is 6.76. The van der Waals surface area contributed by atoms with E-state index < -0.39 is 19.6 Å². The standard InChI is InChI=1S/C14H24O5Si/c1-17-13(15)14(16)8-6-5-7-12(14)19-11-18-9-10-20(2,3)4/h6-8,16H,5,9-11H2,1-4H3. The van der Waals surface area contributed by atoms with Gasteiger partial charge in [-0.2, -0.15) is 0 Å². The number of aliphatic hydroxyl groups is 1. The van der Waals surface area contributed by atoms with Crippen molar-refractivity contribution in [1.82, 2.24) is 0 Å². The average Bonchev–Trinajstić information content (AvgIpc) is 2.38. The molecule has 1 aliphatic rings. The van der Waals surface area contributed by atoms with E-state index in [2.05, 4.69) is 24.4 Å². The summed E-state index contributed by atoms with van der Waals surface area (Å²) in [5.74, 6) is -0.596. The summed E-state index contributed by atoms with van der Waals surface area (Å²) >= 11 is 0. The molecule has 0 spiro atoms. The lowest BCUT2D eigenvalue weighted by atomic mass is 9.96. The SMILES string of the molecule is COC(=O)C1(O)C=CCC=C1OCOCC[Si](C)(C)C. The number of carbonyl (C=O) groups is 1. The molecule has 0 aromatic rings. The van der Waals surface area contributed by atoms with Crippen molar-refractivity contribution in [2.75, 3.05) is 20.5 Å². The molecule has 0 saturated heterocycles. The van der Waals surface area contributed by atoms with E-state index in [1.54, 1.807) is 12.2 Å². The van der Waals surface area contributed by atoms with Crippen LogP contribution in [0.15, 0.2) is 24.0 Å². The van der Waals surface area contributed by atoms with Gasteiger partial charge < -0.3 is 19.3 Å². The van der Waals surface area contributed by atoms with E-state index in [-0.39, 0.29) is 12.6 Å². The predicted molar refractivity (Wildman–Crippen MR) is 78.9 cm³/mol. The largest absolute Gasteiger partial charge is 0.468 e. The molecule has 1 rings (SSSR count). The third-order valence-electron chi connectivity index (χ3n) is 2.96. The second-order valence-electron chi connectivity index (χ2n) is 5.95. The molecule has 1 aliphatic carbocycles. The Morgan fingerprint density at radius 1 is 1.45 bits per heavy atom. The third kappa shape index (κ3) is 4.77. The Balaban J connectivity index is 2.46. The fourth-order valence-electron chi connectivity index (χ4n) is 1.69. The van der Waals surface area contributed by atoms with Crippen molar-refractivity contribution >= 4 is 14.0 Å². The van der Waals surface area contributed by atoms with Crippen LogP contribution in [0, 0.1) is 0 Å². The maximum absolute atomic E-state index is 11.6. The smallest absolute Gasteiger partial charge is 0.350 e. The lowest BCUT2D eigenvalue weighted by Crippen LogP contribution is -2.41. The average molecular weight is 300 g/mol. The molecule has 0 bridgehead atoms. The van der Waals surface area contributed by atoms with Gasteiger partial charge in [0, 0.05) is 14.7 Å². The molecule has 0 radical (unpaired) electrons. The molecule has 1 N–H and O–H groups in total. The second-order valence-corrected chi connectivity index (χ2v) is 11.6. The summed E-state index contributed by atoms with van der Waals surface area (Å²) in [5, 5.41) is 10.3. The van der Waals surface area contributed by atoms with Gasteiger partial charge in [0.05, 0.1) is 7.11 Å². The van der Waals surface area contributed by atoms with Gasteiger partial charge in [0.15, 0.2) is 6.79 Å². The van der Waals surface area contributed by atoms with E-state index >= 15 is 0 Å². The molecule has 0 saturated carbocycles. The number of allylic oxidation sites excluding steroid dienone is 2. The lowest BCUT2D eigenvalue weighted by Gasteiger charge is -2.27. The molecule has 20 heavy (non-hydrogen) atoms. The maximum atomic E-state index is 11.6. The molecule has 0 fully saturated rings. The van der Waals surface area contributed by atoms with Crippen molar-refractivity contribution in [1.29, 1.82) is 0 Å². The van der Waals surface area contributed by atoms with Gasteiger partial charge in [-0.3, -0.25) is 0 Å². The van der Waals surface area contributed by atoms with E-state index in [1.165, 1.54) is 13.2 Å². The van der Waals surface area contributed by atoms with Crippen LogP contribution in [0.3, 0.4) is 0 Å². The number of hydrogen-bond donors (Lipinski definition) is 1. The first kappa shape index (κ1) is 16.9. The van der Waals surface area contributed by atoms with E-state index in [0.29, 0.717) is 13.0 Å². The zero-order valence-corrected chi connectivity index (χ0v) is 13.6. The van der Waals surface area contributed by atoms with Crippen LogP contribution in [-0.4, -0.2) is 45.3 Å². The van der Waals surface area contributed by atoms with E-state index in [9.17, 15) is 9.90 Å². The second kappa shape index (κ2) is 7.06. The molecule has 5 nitrogen and oxygen atoms in total. The Labute approximate surface area is 121 Å². The molecule has 0 aromatic heterocycles. The number of methoxy groups -OCH3 is 1. The summed E-state index contributed by atoms with van der Waals surface area (Å²) in [7, 11) is 0.0984. The number of ether oxygens (including phenoxy) is 3. The van der Waals surface area contributed by atoms with Crippen LogP contribution >= 0.6 is 0 Å². The van der Waals surface area contributed by atoms with Gasteiger partial charge >= 0.3 is 5.97 Å². The van der Waals surface area contributed by atoms with Crippen molar-refractivity contribution < 1.29 is 24.1 Å². The van der Waals surface area contributed by atoms with Gasteiger partial charge in [-0.15, -0.1) is 0 Å². The van der Waals surface area contributed by atoms with Crippen LogP contribution in [0.4, 0.5) is 0 Å². The summed E-state index contributed by atoms with van der Waals surface area (Å²) in [6.07, 6.45) is 5.33. The highest BCUT2D eigenvalue weighted by atomic mass is 28.3. The van der Waals surface area contributed by atoms with Crippen molar-refractivity contribution in [3.05, 3.63) is 24.0 Å². The molecule has 1 atom stereocenters. The predicted octanol–water partition coefficient (Wildman–Crippen LogP) is 2.06. The maximum Gasteiger partial charge on any atom is 0.350 e. The molecular formula is C14H24O5Si. The minimum Gasteiger partial charge on any atom is -0.468 e. The first-order chi connectivity index (χ1) is 9.29. The number of esters is 1. The van der Waals surface area contributed by atoms with Gasteiger partial charge in [0.25, 0.3) is 0 Å². The van der Waals surface area contributed by atoms with Gasteiger partial charge in [-0.25, -0.2) is 4.79 Å². The number of hydrogen-bond acceptors (Lipinski definition) is 5. The first-order valence-electron chi connectivity index (χ1n) is 6.69. The molecule has 6 heteroatoms. The molecule has 1 unspecified atom stereocenters. The van der Waals surface area contributed by atoms with Gasteiger partial charge in [-0.1, -0.05) is 25.7 Å². The highest BCUT2D eigenvalue weighted by Gasteiger charge is 2.41. The Bertz CT molecular complexity index is 397. The summed E-state index contributed by atoms with van der Waals surface area (Å²) in [6, 6.07) is 1.04.